The zero-order valence-electron chi connectivity index (χ0n) is 6.78. The number of hydrogen-bond donors (Lipinski definition) is 0. The fourth-order valence-corrected chi connectivity index (χ4v) is 0.448. The Morgan fingerprint density at radius 1 is 1.33 bits per heavy atom. The summed E-state index contributed by atoms with van der Waals surface area (Å²) in [6.45, 7) is 5.12. The molecule has 4 heteroatoms. The van der Waals surface area contributed by atoms with Gasteiger partial charge in [0.25, 0.3) is 0 Å². The molecule has 0 saturated carbocycles. The predicted octanol–water partition coefficient (Wildman–Crippen LogP) is 0.792. The zero-order valence-corrected chi connectivity index (χ0v) is 6.78. The quantitative estimate of drug-likeness (QED) is 0.355. The molecule has 0 rings (SSSR count). The van der Waals surface area contributed by atoms with Gasteiger partial charge in [0.2, 0.25) is 0 Å². The van der Waals surface area contributed by atoms with E-state index in [1.54, 1.807) is 6.92 Å². The molecule has 0 aliphatic heterocycles. The molecule has 0 saturated heterocycles. The van der Waals surface area contributed by atoms with Crippen molar-refractivity contribution in [3.05, 3.63) is 25.0 Å². The first-order chi connectivity index (χ1) is 5.70. The number of ether oxygens (including phenoxy) is 2. The van der Waals surface area contributed by atoms with Crippen molar-refractivity contribution in [1.29, 1.82) is 0 Å². The molecular weight excluding hydrogens is 160 g/mol. The third kappa shape index (κ3) is 5.22. The Morgan fingerprint density at radius 2 is 1.92 bits per heavy atom. The molecule has 0 aromatic rings. The molecule has 0 atom stereocenters. The van der Waals surface area contributed by atoms with Crippen LogP contribution in [0.1, 0.15) is 6.92 Å². The van der Waals surface area contributed by atoms with Gasteiger partial charge in [0.15, 0.2) is 0 Å². The van der Waals surface area contributed by atoms with E-state index in [0.29, 0.717) is 0 Å². The smallest absolute Gasteiger partial charge is 0.335 e. The van der Waals surface area contributed by atoms with Gasteiger partial charge < -0.3 is 9.47 Å². The molecule has 0 aliphatic rings. The highest BCUT2D eigenvalue weighted by molar-refractivity contribution is 5.91. The zero-order chi connectivity index (χ0) is 9.40. The fourth-order valence-electron chi connectivity index (χ4n) is 0.448. The number of hydrogen-bond acceptors (Lipinski definition) is 4. The van der Waals surface area contributed by atoms with Crippen LogP contribution >= 0.6 is 0 Å². The first-order valence-corrected chi connectivity index (χ1v) is 3.37. The standard InChI is InChI=1S/C8H10O4/c1-3-11-7(9)5-6-8(10)12-4-2/h3,5-6H,1,4H2,2H3/b6-5-. The Bertz CT molecular complexity index is 205. The first-order valence-electron chi connectivity index (χ1n) is 3.37. The molecule has 0 spiro atoms. The fraction of sp³-hybridized carbons (Fsp3) is 0.250. The maximum absolute atomic E-state index is 10.6. The van der Waals surface area contributed by atoms with Gasteiger partial charge in [0.05, 0.1) is 12.9 Å². The minimum Gasteiger partial charge on any atom is -0.463 e. The number of rotatable bonds is 4. The van der Waals surface area contributed by atoms with Gasteiger partial charge >= 0.3 is 11.9 Å². The van der Waals surface area contributed by atoms with Crippen LogP contribution in [-0.2, 0) is 19.1 Å². The van der Waals surface area contributed by atoms with Crippen LogP contribution < -0.4 is 0 Å². The lowest BCUT2D eigenvalue weighted by Gasteiger charge is -1.93. The Morgan fingerprint density at radius 3 is 2.42 bits per heavy atom. The number of carbonyl (C=O) groups is 2. The number of esters is 2. The third-order valence-corrected chi connectivity index (χ3v) is 0.842. The second-order valence-electron chi connectivity index (χ2n) is 1.69. The van der Waals surface area contributed by atoms with Crippen LogP contribution in [0, 0.1) is 0 Å². The summed E-state index contributed by atoms with van der Waals surface area (Å²) < 4.78 is 8.81. The molecular formula is C8H10O4. The van der Waals surface area contributed by atoms with E-state index in [0.717, 1.165) is 18.4 Å². The van der Waals surface area contributed by atoms with E-state index < -0.39 is 11.9 Å². The molecule has 0 radical (unpaired) electrons. The summed E-state index contributed by atoms with van der Waals surface area (Å²) in [6, 6.07) is 0. The summed E-state index contributed by atoms with van der Waals surface area (Å²) in [5.41, 5.74) is 0. The van der Waals surface area contributed by atoms with Gasteiger partial charge in [0.1, 0.15) is 0 Å². The maximum Gasteiger partial charge on any atom is 0.335 e. The van der Waals surface area contributed by atoms with Crippen molar-refractivity contribution >= 4 is 11.9 Å². The lowest BCUT2D eigenvalue weighted by molar-refractivity contribution is -0.138. The van der Waals surface area contributed by atoms with Crippen molar-refractivity contribution < 1.29 is 19.1 Å². The Balaban J connectivity index is 3.80. The van der Waals surface area contributed by atoms with Gasteiger partial charge in [-0.25, -0.2) is 9.59 Å². The molecule has 0 aromatic carbocycles. The van der Waals surface area contributed by atoms with E-state index in [-0.39, 0.29) is 6.61 Å². The first kappa shape index (κ1) is 10.4. The highest BCUT2D eigenvalue weighted by atomic mass is 16.5. The van der Waals surface area contributed by atoms with Gasteiger partial charge in [-0.3, -0.25) is 0 Å². The molecule has 0 heterocycles. The normalized spacial score (nSPS) is 9.42. The second kappa shape index (κ2) is 6.15. The SMILES string of the molecule is C=COC(=O)/C=C\C(=O)OCC. The summed E-state index contributed by atoms with van der Waals surface area (Å²) >= 11 is 0. The van der Waals surface area contributed by atoms with E-state index in [1.807, 2.05) is 0 Å². The Hall–Kier alpha value is -1.58. The summed E-state index contributed by atoms with van der Waals surface area (Å²) in [5, 5.41) is 0. The molecule has 0 unspecified atom stereocenters. The topological polar surface area (TPSA) is 52.6 Å². The van der Waals surface area contributed by atoms with E-state index >= 15 is 0 Å². The van der Waals surface area contributed by atoms with Crippen LogP contribution in [0.2, 0.25) is 0 Å². The second-order valence-corrected chi connectivity index (χ2v) is 1.69. The summed E-state index contributed by atoms with van der Waals surface area (Å²) in [5.74, 6) is -1.23. The van der Waals surface area contributed by atoms with Crippen LogP contribution in [0.25, 0.3) is 0 Å². The van der Waals surface area contributed by atoms with Gasteiger partial charge in [-0.05, 0) is 6.92 Å². The monoisotopic (exact) mass is 170 g/mol. The van der Waals surface area contributed by atoms with Gasteiger partial charge in [0, 0.05) is 12.2 Å². The van der Waals surface area contributed by atoms with Crippen molar-refractivity contribution in [2.75, 3.05) is 6.61 Å². The van der Waals surface area contributed by atoms with Gasteiger partial charge in [-0.2, -0.15) is 0 Å². The van der Waals surface area contributed by atoms with E-state index in [9.17, 15) is 9.59 Å². The largest absolute Gasteiger partial charge is 0.463 e. The van der Waals surface area contributed by atoms with Crippen LogP contribution in [0.5, 0.6) is 0 Å². The van der Waals surface area contributed by atoms with Gasteiger partial charge in [-0.15, -0.1) is 0 Å². The molecule has 66 valence electrons. The Kier molecular flexibility index (Phi) is 5.34. The van der Waals surface area contributed by atoms with Crippen molar-refractivity contribution in [2.24, 2.45) is 0 Å². The Labute approximate surface area is 70.5 Å². The average Bonchev–Trinajstić information content (AvgIpc) is 2.02. The minimum absolute atomic E-state index is 0.277. The molecule has 0 bridgehead atoms. The molecule has 0 aliphatic carbocycles. The highest BCUT2D eigenvalue weighted by Crippen LogP contribution is 1.84. The van der Waals surface area contributed by atoms with E-state index in [4.69, 9.17) is 0 Å². The van der Waals surface area contributed by atoms with Gasteiger partial charge in [-0.1, -0.05) is 6.58 Å². The molecule has 0 fully saturated rings. The van der Waals surface area contributed by atoms with Crippen LogP contribution in [-0.4, -0.2) is 18.5 Å². The lowest BCUT2D eigenvalue weighted by Crippen LogP contribution is -2.01. The molecule has 0 amide bonds. The van der Waals surface area contributed by atoms with Crippen molar-refractivity contribution in [1.82, 2.24) is 0 Å². The van der Waals surface area contributed by atoms with E-state index in [2.05, 4.69) is 16.1 Å². The summed E-state index contributed by atoms with van der Waals surface area (Å²) in [6.07, 6.45) is 2.95. The lowest BCUT2D eigenvalue weighted by atomic mass is 10.5. The summed E-state index contributed by atoms with van der Waals surface area (Å²) in [4.78, 5) is 21.2. The highest BCUT2D eigenvalue weighted by Gasteiger charge is 1.96. The van der Waals surface area contributed by atoms with Crippen LogP contribution in [0.3, 0.4) is 0 Å². The average molecular weight is 170 g/mol. The molecule has 12 heavy (non-hydrogen) atoms. The van der Waals surface area contributed by atoms with Crippen LogP contribution in [0.4, 0.5) is 0 Å². The molecule has 0 N–H and O–H groups in total. The van der Waals surface area contributed by atoms with Crippen LogP contribution in [0.15, 0.2) is 25.0 Å². The maximum atomic E-state index is 10.6. The van der Waals surface area contributed by atoms with E-state index in [1.165, 1.54) is 0 Å². The third-order valence-electron chi connectivity index (χ3n) is 0.842. The predicted molar refractivity (Wildman–Crippen MR) is 42.1 cm³/mol. The van der Waals surface area contributed by atoms with Crippen molar-refractivity contribution in [3.63, 3.8) is 0 Å². The number of carbonyl (C=O) groups excluding carboxylic acids is 2. The van der Waals surface area contributed by atoms with Crippen molar-refractivity contribution in [3.8, 4) is 0 Å². The molecule has 4 nitrogen and oxygen atoms in total. The minimum atomic E-state index is -0.655. The summed E-state index contributed by atoms with van der Waals surface area (Å²) in [7, 11) is 0. The van der Waals surface area contributed by atoms with Crippen molar-refractivity contribution in [2.45, 2.75) is 6.92 Å². The molecule has 0 aromatic heterocycles.